The van der Waals surface area contributed by atoms with E-state index in [1.54, 1.807) is 30.5 Å². The van der Waals surface area contributed by atoms with Crippen LogP contribution in [0.4, 0.5) is 20.4 Å². The third-order valence-electron chi connectivity index (χ3n) is 5.65. The number of aromatic carboxylic acids is 1. The van der Waals surface area contributed by atoms with Gasteiger partial charge in [-0.05, 0) is 36.4 Å². The molecule has 0 fully saturated rings. The Hall–Kier alpha value is -4.37. The zero-order valence-electron chi connectivity index (χ0n) is 18.7. The number of ether oxygens (including phenoxy) is 1. The number of halogens is 3. The minimum absolute atomic E-state index is 0.0155. The molecule has 0 atom stereocenters. The lowest BCUT2D eigenvalue weighted by molar-refractivity contribution is 0.0693. The van der Waals surface area contributed by atoms with E-state index in [1.165, 1.54) is 37.4 Å². The van der Waals surface area contributed by atoms with Crippen LogP contribution in [0.1, 0.15) is 27.0 Å². The van der Waals surface area contributed by atoms with Crippen molar-refractivity contribution < 1.29 is 23.4 Å². The Morgan fingerprint density at radius 3 is 2.58 bits per heavy atom. The quantitative estimate of drug-likeness (QED) is 0.351. The van der Waals surface area contributed by atoms with Crippen molar-refractivity contribution in [3.63, 3.8) is 0 Å². The molecular weight excluding hydrogens is 490 g/mol. The molecule has 2 heterocycles. The van der Waals surface area contributed by atoms with Crippen LogP contribution < -0.4 is 10.1 Å². The maximum Gasteiger partial charge on any atom is 0.339 e. The van der Waals surface area contributed by atoms with Crippen LogP contribution in [0.15, 0.2) is 65.8 Å². The van der Waals surface area contributed by atoms with Crippen LogP contribution in [0.5, 0.6) is 5.75 Å². The van der Waals surface area contributed by atoms with Gasteiger partial charge in [0.05, 0.1) is 30.6 Å². The van der Waals surface area contributed by atoms with Gasteiger partial charge in [0.25, 0.3) is 0 Å². The number of carbonyl (C=O) groups is 1. The van der Waals surface area contributed by atoms with Crippen LogP contribution in [0, 0.1) is 11.6 Å². The Morgan fingerprint density at radius 1 is 1.08 bits per heavy atom. The molecule has 0 aliphatic carbocycles. The van der Waals surface area contributed by atoms with Crippen LogP contribution >= 0.6 is 11.6 Å². The molecule has 2 N–H and O–H groups in total. The number of carboxylic acid groups (broad SMARTS) is 1. The Bertz CT molecular complexity index is 1540. The minimum atomic E-state index is -1.11. The summed E-state index contributed by atoms with van der Waals surface area (Å²) in [5.74, 6) is -2.19. The number of aliphatic imine (C=N–C) groups is 1. The Labute approximate surface area is 209 Å². The average molecular weight is 507 g/mol. The van der Waals surface area contributed by atoms with Crippen LogP contribution in [0.25, 0.3) is 11.3 Å². The summed E-state index contributed by atoms with van der Waals surface area (Å²) in [5.41, 5.74) is 2.59. The molecule has 4 aromatic rings. The summed E-state index contributed by atoms with van der Waals surface area (Å²) >= 11 is 6.25. The second kappa shape index (κ2) is 9.35. The molecule has 180 valence electrons. The standard InChI is InChI=1S/C26H17ClF2N4O3/c1-36-21-10-15(6-8-17(21)25(34)35)32-26-31-12-13-11-30-24(22-19(28)3-2-4-20(22)29)18-9-14(27)5-7-16(18)23(13)33-26/h2-10,12H,11H2,1H3,(H,34,35)(H,31,32,33). The highest BCUT2D eigenvalue weighted by Crippen LogP contribution is 2.35. The summed E-state index contributed by atoms with van der Waals surface area (Å²) in [6.45, 7) is 0.0894. The zero-order chi connectivity index (χ0) is 25.4. The molecular formula is C26H17ClF2N4O3. The summed E-state index contributed by atoms with van der Waals surface area (Å²) in [6, 6.07) is 13.1. The second-order valence-corrected chi connectivity index (χ2v) is 8.30. The molecule has 0 unspecified atom stereocenters. The molecule has 1 aliphatic rings. The van der Waals surface area contributed by atoms with E-state index in [2.05, 4.69) is 20.3 Å². The lowest BCUT2D eigenvalue weighted by Crippen LogP contribution is -2.10. The molecule has 1 aromatic heterocycles. The van der Waals surface area contributed by atoms with Gasteiger partial charge in [-0.3, -0.25) is 4.99 Å². The fourth-order valence-corrected chi connectivity index (χ4v) is 4.17. The van der Waals surface area contributed by atoms with Crippen molar-refractivity contribution in [2.75, 3.05) is 12.4 Å². The van der Waals surface area contributed by atoms with E-state index >= 15 is 0 Å². The largest absolute Gasteiger partial charge is 0.496 e. The van der Waals surface area contributed by atoms with Crippen molar-refractivity contribution in [2.45, 2.75) is 6.54 Å². The molecule has 10 heteroatoms. The van der Waals surface area contributed by atoms with Crippen molar-refractivity contribution in [3.05, 3.63) is 99.7 Å². The second-order valence-electron chi connectivity index (χ2n) is 7.86. The van der Waals surface area contributed by atoms with E-state index in [9.17, 15) is 18.7 Å². The summed E-state index contributed by atoms with van der Waals surface area (Å²) in [4.78, 5) is 24.9. The zero-order valence-corrected chi connectivity index (χ0v) is 19.5. The SMILES string of the molecule is COc1cc(Nc2ncc3c(n2)-c2ccc(Cl)cc2C(c2c(F)cccc2F)=NC3)ccc1C(=O)O. The van der Waals surface area contributed by atoms with Gasteiger partial charge in [0, 0.05) is 39.7 Å². The fraction of sp³-hybridized carbons (Fsp3) is 0.0769. The molecule has 0 spiro atoms. The van der Waals surface area contributed by atoms with Gasteiger partial charge in [0.2, 0.25) is 5.95 Å². The third-order valence-corrected chi connectivity index (χ3v) is 5.89. The van der Waals surface area contributed by atoms with E-state index < -0.39 is 17.6 Å². The number of hydrogen-bond donors (Lipinski definition) is 2. The Balaban J connectivity index is 1.59. The number of carboxylic acids is 1. The first-order chi connectivity index (χ1) is 17.4. The first-order valence-corrected chi connectivity index (χ1v) is 11.1. The van der Waals surface area contributed by atoms with Gasteiger partial charge in [-0.15, -0.1) is 0 Å². The number of fused-ring (bicyclic) bond motifs is 3. The molecule has 5 rings (SSSR count). The Morgan fingerprint density at radius 2 is 1.86 bits per heavy atom. The van der Waals surface area contributed by atoms with Crippen molar-refractivity contribution in [2.24, 2.45) is 4.99 Å². The first kappa shape index (κ1) is 23.4. The van der Waals surface area contributed by atoms with E-state index in [4.69, 9.17) is 16.3 Å². The molecule has 7 nitrogen and oxygen atoms in total. The number of benzene rings is 3. The average Bonchev–Trinajstić information content (AvgIpc) is 3.00. The lowest BCUT2D eigenvalue weighted by atomic mass is 9.95. The number of rotatable bonds is 5. The van der Waals surface area contributed by atoms with Crippen molar-refractivity contribution >= 4 is 34.9 Å². The molecule has 36 heavy (non-hydrogen) atoms. The van der Waals surface area contributed by atoms with Crippen LogP contribution in [0.3, 0.4) is 0 Å². The van der Waals surface area contributed by atoms with Gasteiger partial charge in [0.15, 0.2) is 0 Å². The maximum atomic E-state index is 14.7. The number of anilines is 2. The third kappa shape index (κ3) is 4.25. The smallest absolute Gasteiger partial charge is 0.339 e. The summed E-state index contributed by atoms with van der Waals surface area (Å²) < 4.78 is 34.6. The number of nitrogens with zero attached hydrogens (tertiary/aromatic N) is 3. The summed E-state index contributed by atoms with van der Waals surface area (Å²) in [6.07, 6.45) is 1.58. The van der Waals surface area contributed by atoms with Crippen molar-refractivity contribution in [1.82, 2.24) is 9.97 Å². The van der Waals surface area contributed by atoms with E-state index in [0.29, 0.717) is 33.1 Å². The number of methoxy groups -OCH3 is 1. The van der Waals surface area contributed by atoms with Gasteiger partial charge in [-0.1, -0.05) is 23.7 Å². The fourth-order valence-electron chi connectivity index (χ4n) is 4.00. The lowest BCUT2D eigenvalue weighted by Gasteiger charge is -2.14. The highest BCUT2D eigenvalue weighted by Gasteiger charge is 2.25. The molecule has 0 bridgehead atoms. The van der Waals surface area contributed by atoms with E-state index in [-0.39, 0.29) is 35.1 Å². The van der Waals surface area contributed by atoms with Crippen LogP contribution in [0.2, 0.25) is 5.02 Å². The molecule has 0 radical (unpaired) electrons. The first-order valence-electron chi connectivity index (χ1n) is 10.7. The normalized spacial score (nSPS) is 12.2. The van der Waals surface area contributed by atoms with Crippen molar-refractivity contribution in [3.8, 4) is 17.0 Å². The number of nitrogens with one attached hydrogen (secondary N) is 1. The van der Waals surface area contributed by atoms with E-state index in [0.717, 1.165) is 0 Å². The molecule has 0 amide bonds. The topological polar surface area (TPSA) is 96.7 Å². The highest BCUT2D eigenvalue weighted by atomic mass is 35.5. The van der Waals surface area contributed by atoms with Gasteiger partial charge in [-0.25, -0.2) is 23.5 Å². The van der Waals surface area contributed by atoms with Gasteiger partial charge >= 0.3 is 5.97 Å². The number of aromatic nitrogens is 2. The molecule has 1 aliphatic heterocycles. The Kier molecular flexibility index (Phi) is 6.07. The van der Waals surface area contributed by atoms with Gasteiger partial charge in [0.1, 0.15) is 22.9 Å². The van der Waals surface area contributed by atoms with Gasteiger partial charge < -0.3 is 15.2 Å². The predicted octanol–water partition coefficient (Wildman–Crippen LogP) is 5.88. The summed E-state index contributed by atoms with van der Waals surface area (Å²) in [5, 5.41) is 12.7. The highest BCUT2D eigenvalue weighted by molar-refractivity contribution is 6.31. The van der Waals surface area contributed by atoms with E-state index in [1.807, 2.05) is 0 Å². The maximum absolute atomic E-state index is 14.7. The van der Waals surface area contributed by atoms with Crippen LogP contribution in [-0.4, -0.2) is 33.9 Å². The molecule has 0 saturated heterocycles. The molecule has 0 saturated carbocycles. The van der Waals surface area contributed by atoms with Crippen molar-refractivity contribution in [1.29, 1.82) is 0 Å². The van der Waals surface area contributed by atoms with Crippen LogP contribution in [-0.2, 0) is 6.54 Å². The van der Waals surface area contributed by atoms with Gasteiger partial charge in [-0.2, -0.15) is 0 Å². The monoisotopic (exact) mass is 506 g/mol. The molecule has 3 aromatic carbocycles. The summed E-state index contributed by atoms with van der Waals surface area (Å²) in [7, 11) is 1.38. The number of hydrogen-bond acceptors (Lipinski definition) is 6. The predicted molar refractivity (Wildman–Crippen MR) is 131 cm³/mol. The minimum Gasteiger partial charge on any atom is -0.496 e.